The number of nitrogens with zero attached hydrogens (tertiary/aromatic N) is 5. The van der Waals surface area contributed by atoms with E-state index in [1.54, 1.807) is 24.3 Å². The first-order valence-electron chi connectivity index (χ1n) is 14.0. The minimum Gasteiger partial charge on any atom is -0.494 e. The highest BCUT2D eigenvalue weighted by atomic mass is 16.6. The van der Waals surface area contributed by atoms with Crippen LogP contribution in [-0.4, -0.2) is 83.7 Å². The molecule has 1 saturated heterocycles. The van der Waals surface area contributed by atoms with Crippen LogP contribution in [0.25, 0.3) is 10.8 Å². The summed E-state index contributed by atoms with van der Waals surface area (Å²) in [6.07, 6.45) is 1.27. The molecule has 1 amide bonds. The van der Waals surface area contributed by atoms with E-state index in [2.05, 4.69) is 49.6 Å². The largest absolute Gasteiger partial charge is 0.494 e. The number of nitrogens with one attached hydrogen (secondary N) is 3. The molecule has 1 fully saturated rings. The Morgan fingerprint density at radius 1 is 1.14 bits per heavy atom. The number of anilines is 4. The van der Waals surface area contributed by atoms with E-state index in [9.17, 15) is 9.59 Å². The van der Waals surface area contributed by atoms with Gasteiger partial charge in [0.15, 0.2) is 0 Å². The molecular formula is C29H38N8O5. The number of methoxy groups -OCH3 is 1. The van der Waals surface area contributed by atoms with Crippen molar-refractivity contribution in [2.24, 2.45) is 10.9 Å². The van der Waals surface area contributed by atoms with E-state index >= 15 is 0 Å². The maximum Gasteiger partial charge on any atom is 0.410 e. The maximum atomic E-state index is 12.8. The molecule has 0 aliphatic carbocycles. The highest BCUT2D eigenvalue weighted by Gasteiger charge is 2.27. The zero-order valence-corrected chi connectivity index (χ0v) is 24.9. The third-order valence-electron chi connectivity index (χ3n) is 7.06. The Balaban J connectivity index is 1.36. The number of hydrogen-bond acceptors (Lipinski definition) is 11. The van der Waals surface area contributed by atoms with E-state index in [0.717, 1.165) is 5.69 Å². The van der Waals surface area contributed by atoms with E-state index in [0.29, 0.717) is 78.6 Å². The number of H-pyrrole nitrogens is 1. The first-order valence-corrected chi connectivity index (χ1v) is 14.0. The number of pyridine rings is 1. The number of hydrogen-bond donors (Lipinski definition) is 3. The minimum absolute atomic E-state index is 0.0677. The molecule has 42 heavy (non-hydrogen) atoms. The van der Waals surface area contributed by atoms with Gasteiger partial charge in [-0.05, 0) is 44.9 Å². The van der Waals surface area contributed by atoms with Crippen molar-refractivity contribution in [3.8, 4) is 5.75 Å². The second-order valence-electron chi connectivity index (χ2n) is 11.7. The van der Waals surface area contributed by atoms with Crippen molar-refractivity contribution in [1.29, 1.82) is 0 Å². The van der Waals surface area contributed by atoms with E-state index in [1.807, 2.05) is 39.0 Å². The second-order valence-corrected chi connectivity index (χ2v) is 11.7. The molecule has 0 radical (unpaired) electrons. The summed E-state index contributed by atoms with van der Waals surface area (Å²) in [6, 6.07) is 7.96. The number of fused-ring (bicyclic) bond motifs is 1. The molecule has 13 heteroatoms. The molecule has 2 aliphatic rings. The third kappa shape index (κ3) is 6.50. The SMILES string of the molecule is COc1cc(N2CCN(C(=O)OC(C)(C)C)CC2)ccc1Nc1nc(NC2=NC(C(C)C)CO2)cc2cn[nH]c(=O)c12. The van der Waals surface area contributed by atoms with Gasteiger partial charge in [0.25, 0.3) is 11.6 Å². The van der Waals surface area contributed by atoms with Crippen LogP contribution in [0.4, 0.5) is 27.8 Å². The Morgan fingerprint density at radius 3 is 2.57 bits per heavy atom. The third-order valence-corrected chi connectivity index (χ3v) is 7.06. The van der Waals surface area contributed by atoms with Gasteiger partial charge < -0.3 is 29.3 Å². The molecule has 1 aromatic carbocycles. The average molecular weight is 579 g/mol. The normalized spacial score (nSPS) is 17.2. The van der Waals surface area contributed by atoms with Gasteiger partial charge in [0.1, 0.15) is 29.6 Å². The van der Waals surface area contributed by atoms with Crippen LogP contribution in [0.5, 0.6) is 5.75 Å². The maximum absolute atomic E-state index is 12.8. The molecule has 2 aromatic heterocycles. The number of carbonyl (C=O) groups excluding carboxylic acids is 1. The zero-order valence-electron chi connectivity index (χ0n) is 24.9. The molecule has 0 saturated carbocycles. The number of aliphatic imine (C=N–C) groups is 1. The lowest BCUT2D eigenvalue weighted by Crippen LogP contribution is -2.50. The molecule has 0 spiro atoms. The van der Waals surface area contributed by atoms with Crippen LogP contribution in [0.3, 0.4) is 0 Å². The zero-order chi connectivity index (χ0) is 30.0. The standard InChI is InChI=1S/C29H38N8O5/c1-17(2)21-16-41-27(32-21)34-23-13-18-15-30-35-26(38)24(18)25(33-23)31-20-8-7-19(14-22(20)40-6)36-9-11-37(12-10-36)28(39)42-29(3,4)5/h7-8,13-15,17,21H,9-12,16H2,1-6H3,(H,35,38)(H2,31,32,33,34). The summed E-state index contributed by atoms with van der Waals surface area (Å²) >= 11 is 0. The van der Waals surface area contributed by atoms with Crippen LogP contribution >= 0.6 is 0 Å². The van der Waals surface area contributed by atoms with Gasteiger partial charge in [-0.3, -0.25) is 10.1 Å². The van der Waals surface area contributed by atoms with Crippen molar-refractivity contribution in [1.82, 2.24) is 20.1 Å². The number of carbonyl (C=O) groups is 1. The predicted molar refractivity (Wildman–Crippen MR) is 162 cm³/mol. The summed E-state index contributed by atoms with van der Waals surface area (Å²) in [5, 5.41) is 13.8. The number of rotatable bonds is 6. The molecule has 224 valence electrons. The first kappa shape index (κ1) is 29.0. The molecule has 1 unspecified atom stereocenters. The van der Waals surface area contributed by atoms with Gasteiger partial charge >= 0.3 is 6.09 Å². The van der Waals surface area contributed by atoms with Crippen LogP contribution < -0.4 is 25.8 Å². The molecule has 3 aromatic rings. The summed E-state index contributed by atoms with van der Waals surface area (Å²) in [6.45, 7) is 12.7. The number of amides is 1. The average Bonchev–Trinajstić information content (AvgIpc) is 3.41. The van der Waals surface area contributed by atoms with Crippen LogP contribution in [0.2, 0.25) is 0 Å². The summed E-state index contributed by atoms with van der Waals surface area (Å²) in [5.74, 6) is 1.70. The highest BCUT2D eigenvalue weighted by molar-refractivity contribution is 5.97. The van der Waals surface area contributed by atoms with Crippen molar-refractivity contribution >= 4 is 45.9 Å². The van der Waals surface area contributed by atoms with Crippen LogP contribution in [0, 0.1) is 5.92 Å². The molecular weight excluding hydrogens is 540 g/mol. The van der Waals surface area contributed by atoms with E-state index in [4.69, 9.17) is 14.2 Å². The molecule has 5 rings (SSSR count). The van der Waals surface area contributed by atoms with E-state index < -0.39 is 5.60 Å². The van der Waals surface area contributed by atoms with Crippen molar-refractivity contribution in [2.75, 3.05) is 55.4 Å². The smallest absolute Gasteiger partial charge is 0.410 e. The Kier molecular flexibility index (Phi) is 8.10. The Hall–Kier alpha value is -4.55. The second kappa shape index (κ2) is 11.7. The number of aromatic amines is 1. The molecule has 2 aliphatic heterocycles. The van der Waals surface area contributed by atoms with Gasteiger partial charge in [0.05, 0.1) is 30.4 Å². The highest BCUT2D eigenvalue weighted by Crippen LogP contribution is 2.34. The van der Waals surface area contributed by atoms with Crippen LogP contribution in [0.1, 0.15) is 34.6 Å². The topological polar surface area (TPSA) is 146 Å². The monoisotopic (exact) mass is 578 g/mol. The fourth-order valence-electron chi connectivity index (χ4n) is 4.77. The quantitative estimate of drug-likeness (QED) is 0.393. The Bertz CT molecular complexity index is 1540. The summed E-state index contributed by atoms with van der Waals surface area (Å²) in [7, 11) is 1.59. The molecule has 4 heterocycles. The summed E-state index contributed by atoms with van der Waals surface area (Å²) < 4.78 is 17.0. The van der Waals surface area contributed by atoms with Gasteiger partial charge in [0.2, 0.25) is 0 Å². The summed E-state index contributed by atoms with van der Waals surface area (Å²) in [5.41, 5.74) is 0.677. The Morgan fingerprint density at radius 2 is 1.90 bits per heavy atom. The number of benzene rings is 1. The van der Waals surface area contributed by atoms with E-state index in [1.165, 1.54) is 0 Å². The molecule has 3 N–H and O–H groups in total. The lowest BCUT2D eigenvalue weighted by atomic mass is 10.1. The minimum atomic E-state index is -0.531. The first-order chi connectivity index (χ1) is 20.0. The number of piperazine rings is 1. The van der Waals surface area contributed by atoms with Crippen molar-refractivity contribution in [3.63, 3.8) is 0 Å². The van der Waals surface area contributed by atoms with Gasteiger partial charge in [-0.15, -0.1) is 0 Å². The predicted octanol–water partition coefficient (Wildman–Crippen LogP) is 3.95. The molecule has 1 atom stereocenters. The van der Waals surface area contributed by atoms with Gasteiger partial charge in [-0.25, -0.2) is 19.9 Å². The van der Waals surface area contributed by atoms with Crippen molar-refractivity contribution in [3.05, 3.63) is 40.8 Å². The van der Waals surface area contributed by atoms with E-state index in [-0.39, 0.29) is 17.7 Å². The molecule has 13 nitrogen and oxygen atoms in total. The van der Waals surface area contributed by atoms with Gasteiger partial charge in [0, 0.05) is 43.3 Å². The number of ether oxygens (including phenoxy) is 3. The van der Waals surface area contributed by atoms with Crippen LogP contribution in [0.15, 0.2) is 40.2 Å². The number of aromatic nitrogens is 3. The lowest BCUT2D eigenvalue weighted by Gasteiger charge is -2.37. The Labute approximate surface area is 244 Å². The van der Waals surface area contributed by atoms with Gasteiger partial charge in [-0.2, -0.15) is 5.10 Å². The van der Waals surface area contributed by atoms with Crippen molar-refractivity contribution < 1.29 is 19.0 Å². The van der Waals surface area contributed by atoms with Crippen LogP contribution in [-0.2, 0) is 9.47 Å². The fourth-order valence-corrected chi connectivity index (χ4v) is 4.77. The number of amidine groups is 1. The van der Waals surface area contributed by atoms with Gasteiger partial charge in [-0.1, -0.05) is 13.8 Å². The fraction of sp³-hybridized carbons (Fsp3) is 0.483. The van der Waals surface area contributed by atoms with Crippen molar-refractivity contribution in [2.45, 2.75) is 46.3 Å². The lowest BCUT2D eigenvalue weighted by molar-refractivity contribution is 0.0240. The molecule has 0 bridgehead atoms. The summed E-state index contributed by atoms with van der Waals surface area (Å²) in [4.78, 5) is 38.4.